The lowest BCUT2D eigenvalue weighted by molar-refractivity contribution is -0.122. The minimum absolute atomic E-state index is 0.249. The second-order valence-corrected chi connectivity index (χ2v) is 4.85. The van der Waals surface area contributed by atoms with E-state index in [1.807, 2.05) is 17.0 Å². The van der Waals surface area contributed by atoms with Gasteiger partial charge in [0, 0.05) is 19.5 Å². The van der Waals surface area contributed by atoms with Crippen molar-refractivity contribution in [1.82, 2.24) is 4.90 Å². The van der Waals surface area contributed by atoms with E-state index in [9.17, 15) is 9.90 Å². The van der Waals surface area contributed by atoms with Gasteiger partial charge in [0.05, 0.1) is 11.8 Å². The van der Waals surface area contributed by atoms with Gasteiger partial charge in [0.2, 0.25) is 5.91 Å². The minimum Gasteiger partial charge on any atom is -0.508 e. The van der Waals surface area contributed by atoms with Crippen LogP contribution in [0.2, 0.25) is 0 Å². The Morgan fingerprint density at radius 3 is 2.80 bits per heavy atom. The Morgan fingerprint density at radius 1 is 1.50 bits per heavy atom. The van der Waals surface area contributed by atoms with E-state index < -0.39 is 0 Å². The summed E-state index contributed by atoms with van der Waals surface area (Å²) >= 11 is 0. The molecule has 0 radical (unpaired) electrons. The molecule has 2 rings (SSSR count). The highest BCUT2D eigenvalue weighted by molar-refractivity contribution is 5.95. The van der Waals surface area contributed by atoms with Crippen molar-refractivity contribution in [2.75, 3.05) is 20.2 Å². The summed E-state index contributed by atoms with van der Waals surface area (Å²) in [5.74, 6) is -0.0866. The quantitative estimate of drug-likeness (QED) is 0.767. The van der Waals surface area contributed by atoms with Gasteiger partial charge in [-0.15, -0.1) is 0 Å². The molecule has 0 aliphatic carbocycles. The number of carbonyl (C=O) groups excluding carboxylic acids is 1. The number of phenolic OH excluding ortho intramolecular Hbond substituents is 1. The molecule has 0 spiro atoms. The Hall–Kier alpha value is -2.08. The molecule has 1 heterocycles. The Morgan fingerprint density at radius 2 is 2.20 bits per heavy atom. The molecule has 0 bridgehead atoms. The lowest BCUT2D eigenvalue weighted by Crippen LogP contribution is -2.41. The van der Waals surface area contributed by atoms with Crippen molar-refractivity contribution in [3.8, 4) is 5.75 Å². The molecule has 0 saturated carbocycles. The number of oxime groups is 1. The topological polar surface area (TPSA) is 88.2 Å². The first-order valence-corrected chi connectivity index (χ1v) is 6.50. The smallest absolute Gasteiger partial charge is 0.235 e. The van der Waals surface area contributed by atoms with E-state index >= 15 is 0 Å². The summed E-state index contributed by atoms with van der Waals surface area (Å²) in [5, 5.41) is 13.2. The van der Waals surface area contributed by atoms with Crippen LogP contribution in [0.3, 0.4) is 0 Å². The normalized spacial score (nSPS) is 21.2. The fourth-order valence-corrected chi connectivity index (χ4v) is 2.41. The van der Waals surface area contributed by atoms with Crippen molar-refractivity contribution >= 4 is 11.6 Å². The number of benzene rings is 1. The van der Waals surface area contributed by atoms with Gasteiger partial charge in [-0.1, -0.05) is 17.3 Å². The van der Waals surface area contributed by atoms with Gasteiger partial charge in [0.1, 0.15) is 12.9 Å². The van der Waals surface area contributed by atoms with E-state index in [2.05, 4.69) is 5.16 Å². The maximum absolute atomic E-state index is 11.5. The molecule has 1 fully saturated rings. The minimum atomic E-state index is -0.336. The van der Waals surface area contributed by atoms with Gasteiger partial charge in [-0.25, -0.2) is 0 Å². The summed E-state index contributed by atoms with van der Waals surface area (Å²) in [6.07, 6.45) is 1.31. The van der Waals surface area contributed by atoms with E-state index in [-0.39, 0.29) is 17.7 Å². The first-order chi connectivity index (χ1) is 9.60. The van der Waals surface area contributed by atoms with Crippen LogP contribution in [0, 0.1) is 0 Å². The van der Waals surface area contributed by atoms with Gasteiger partial charge >= 0.3 is 0 Å². The van der Waals surface area contributed by atoms with E-state index in [1.54, 1.807) is 12.1 Å². The van der Waals surface area contributed by atoms with E-state index in [1.165, 1.54) is 7.11 Å². The number of hydrogen-bond acceptors (Lipinski definition) is 5. The average molecular weight is 277 g/mol. The van der Waals surface area contributed by atoms with Gasteiger partial charge in [0.15, 0.2) is 0 Å². The molecule has 6 heteroatoms. The molecule has 1 saturated heterocycles. The molecule has 0 aromatic heterocycles. The van der Waals surface area contributed by atoms with Crippen molar-refractivity contribution in [1.29, 1.82) is 0 Å². The molecule has 6 nitrogen and oxygen atoms in total. The van der Waals surface area contributed by atoms with Gasteiger partial charge in [-0.05, 0) is 24.1 Å². The van der Waals surface area contributed by atoms with Crippen LogP contribution in [-0.4, -0.2) is 47.9 Å². The Bertz CT molecular complexity index is 499. The second kappa shape index (κ2) is 6.38. The molecule has 20 heavy (non-hydrogen) atoms. The lowest BCUT2D eigenvalue weighted by atomic mass is 10.1. The number of hydrogen-bond donors (Lipinski definition) is 2. The van der Waals surface area contributed by atoms with Gasteiger partial charge in [-0.3, -0.25) is 9.69 Å². The highest BCUT2D eigenvalue weighted by Gasteiger charge is 2.33. The Kier molecular flexibility index (Phi) is 4.57. The van der Waals surface area contributed by atoms with Crippen LogP contribution in [0.5, 0.6) is 5.75 Å². The molecule has 1 aliphatic rings. The Labute approximate surface area is 117 Å². The largest absolute Gasteiger partial charge is 0.508 e. The summed E-state index contributed by atoms with van der Waals surface area (Å²) in [4.78, 5) is 18.2. The van der Waals surface area contributed by atoms with E-state index in [0.29, 0.717) is 19.5 Å². The predicted octanol–water partition coefficient (Wildman–Crippen LogP) is 0.497. The maximum atomic E-state index is 11.5. The fourth-order valence-electron chi connectivity index (χ4n) is 2.41. The fraction of sp³-hybridized carbons (Fsp3) is 0.429. The van der Waals surface area contributed by atoms with Crippen molar-refractivity contribution in [2.24, 2.45) is 10.9 Å². The summed E-state index contributed by atoms with van der Waals surface area (Å²) in [7, 11) is 1.49. The third kappa shape index (κ3) is 3.48. The highest BCUT2D eigenvalue weighted by atomic mass is 16.6. The number of nitrogens with two attached hydrogens (primary N) is 1. The van der Waals surface area contributed by atoms with Crippen LogP contribution in [0.4, 0.5) is 0 Å². The highest BCUT2D eigenvalue weighted by Crippen LogP contribution is 2.17. The second-order valence-electron chi connectivity index (χ2n) is 4.85. The number of likely N-dealkylation sites (tertiary alicyclic amines) is 1. The summed E-state index contributed by atoms with van der Waals surface area (Å²) < 4.78 is 0. The number of carbonyl (C=O) groups is 1. The standard InChI is InChI=1S/C14H19N3O3/c1-20-16-11-8-13(14(15)19)17(9-11)7-6-10-2-4-12(18)5-3-10/h2-5,13,18H,6-9H2,1H3,(H2,15,19). The molecule has 1 atom stereocenters. The molecular formula is C14H19N3O3. The zero-order chi connectivity index (χ0) is 14.5. The van der Waals surface area contributed by atoms with Crippen molar-refractivity contribution in [3.63, 3.8) is 0 Å². The van der Waals surface area contributed by atoms with Crippen LogP contribution < -0.4 is 5.73 Å². The molecule has 1 amide bonds. The number of primary amides is 1. The van der Waals surface area contributed by atoms with Crippen LogP contribution in [0.1, 0.15) is 12.0 Å². The molecule has 108 valence electrons. The monoisotopic (exact) mass is 277 g/mol. The first-order valence-electron chi connectivity index (χ1n) is 6.50. The van der Waals surface area contributed by atoms with Crippen molar-refractivity contribution in [3.05, 3.63) is 29.8 Å². The first kappa shape index (κ1) is 14.3. The number of amides is 1. The third-order valence-corrected chi connectivity index (χ3v) is 3.43. The maximum Gasteiger partial charge on any atom is 0.235 e. The molecule has 1 aliphatic heterocycles. The van der Waals surface area contributed by atoms with Crippen molar-refractivity contribution in [2.45, 2.75) is 18.9 Å². The van der Waals surface area contributed by atoms with Crippen molar-refractivity contribution < 1.29 is 14.7 Å². The zero-order valence-corrected chi connectivity index (χ0v) is 11.5. The number of phenols is 1. The summed E-state index contributed by atoms with van der Waals surface area (Å²) in [6.45, 7) is 1.31. The lowest BCUT2D eigenvalue weighted by Gasteiger charge is -2.20. The Balaban J connectivity index is 1.98. The van der Waals surface area contributed by atoms with E-state index in [4.69, 9.17) is 10.6 Å². The van der Waals surface area contributed by atoms with Gasteiger partial charge < -0.3 is 15.7 Å². The third-order valence-electron chi connectivity index (χ3n) is 3.43. The molecule has 1 unspecified atom stereocenters. The molecule has 1 aromatic rings. The van der Waals surface area contributed by atoms with Gasteiger partial charge in [-0.2, -0.15) is 0 Å². The molecule has 1 aromatic carbocycles. The summed E-state index contributed by atoms with van der Waals surface area (Å²) in [6, 6.07) is 6.73. The SMILES string of the molecule is CON=C1CC(C(N)=O)N(CCc2ccc(O)cc2)C1. The van der Waals surface area contributed by atoms with Crippen LogP contribution in [0.25, 0.3) is 0 Å². The zero-order valence-electron chi connectivity index (χ0n) is 11.5. The van der Waals surface area contributed by atoms with Crippen LogP contribution in [-0.2, 0) is 16.1 Å². The van der Waals surface area contributed by atoms with Gasteiger partial charge in [0.25, 0.3) is 0 Å². The number of nitrogens with zero attached hydrogens (tertiary/aromatic N) is 2. The van der Waals surface area contributed by atoms with Crippen LogP contribution >= 0.6 is 0 Å². The number of rotatable bonds is 5. The van der Waals surface area contributed by atoms with E-state index in [0.717, 1.165) is 17.7 Å². The predicted molar refractivity (Wildman–Crippen MR) is 75.4 cm³/mol. The molecular weight excluding hydrogens is 258 g/mol. The number of aromatic hydroxyl groups is 1. The van der Waals surface area contributed by atoms with Crippen LogP contribution in [0.15, 0.2) is 29.4 Å². The average Bonchev–Trinajstić information content (AvgIpc) is 2.82. The molecule has 3 N–H and O–H groups in total. The summed E-state index contributed by atoms with van der Waals surface area (Å²) in [5.41, 5.74) is 7.36.